The van der Waals surface area contributed by atoms with Gasteiger partial charge in [0.25, 0.3) is 0 Å². The van der Waals surface area contributed by atoms with Crippen LogP contribution in [0.5, 0.6) is 5.75 Å². The first-order chi connectivity index (χ1) is 19.1. The van der Waals surface area contributed by atoms with E-state index in [-0.39, 0.29) is 0 Å². The van der Waals surface area contributed by atoms with Gasteiger partial charge < -0.3 is 24.8 Å². The number of likely N-dealkylation sites (N-methyl/N-ethyl adjacent to an activating group) is 1. The zero-order valence-corrected chi connectivity index (χ0v) is 22.5. The smallest absolute Gasteiger partial charge is 0.227 e. The third kappa shape index (κ3) is 5.13. The number of nitrogens with zero attached hydrogens (tertiary/aromatic N) is 6. The van der Waals surface area contributed by atoms with Gasteiger partial charge in [-0.2, -0.15) is 5.26 Å². The molecule has 0 spiro atoms. The Morgan fingerprint density at radius 1 is 1.05 bits per heavy atom. The SMILES string of the molecule is COc1cc(N2CCC(N3CCN(C)CC3)CC2)ccc1Nc1ncc(C#N)c(-c2c[nH]c3ccccc23)n1. The van der Waals surface area contributed by atoms with Crippen LogP contribution in [0.2, 0.25) is 0 Å². The number of methoxy groups -OCH3 is 1. The van der Waals surface area contributed by atoms with E-state index in [2.05, 4.69) is 55.2 Å². The normalized spacial score (nSPS) is 17.3. The van der Waals surface area contributed by atoms with E-state index in [9.17, 15) is 5.26 Å². The van der Waals surface area contributed by atoms with Crippen molar-refractivity contribution < 1.29 is 4.74 Å². The molecule has 0 unspecified atom stereocenters. The van der Waals surface area contributed by atoms with Crippen LogP contribution in [0.15, 0.2) is 54.9 Å². The number of nitrogens with one attached hydrogen (secondary N) is 2. The zero-order valence-electron chi connectivity index (χ0n) is 22.5. The Kier molecular flexibility index (Phi) is 7.05. The molecule has 2 aliphatic heterocycles. The molecule has 0 saturated carbocycles. The summed E-state index contributed by atoms with van der Waals surface area (Å²) in [6.07, 6.45) is 5.82. The second-order valence-electron chi connectivity index (χ2n) is 10.4. The quantitative estimate of drug-likeness (QED) is 0.383. The van der Waals surface area contributed by atoms with Gasteiger partial charge in [0.2, 0.25) is 5.95 Å². The Hall–Kier alpha value is -4.13. The largest absolute Gasteiger partial charge is 0.494 e. The van der Waals surface area contributed by atoms with Crippen molar-refractivity contribution in [3.8, 4) is 23.1 Å². The number of para-hydroxylation sites is 1. The molecule has 200 valence electrons. The second-order valence-corrected chi connectivity index (χ2v) is 10.4. The van der Waals surface area contributed by atoms with Gasteiger partial charge in [0.15, 0.2) is 0 Å². The minimum atomic E-state index is 0.410. The van der Waals surface area contributed by atoms with Gasteiger partial charge >= 0.3 is 0 Å². The van der Waals surface area contributed by atoms with Gasteiger partial charge in [0.05, 0.1) is 30.3 Å². The van der Waals surface area contributed by atoms with E-state index in [1.807, 2.05) is 36.5 Å². The minimum Gasteiger partial charge on any atom is -0.494 e. The van der Waals surface area contributed by atoms with Crippen LogP contribution in [-0.4, -0.2) is 84.2 Å². The summed E-state index contributed by atoms with van der Waals surface area (Å²) < 4.78 is 5.77. The highest BCUT2D eigenvalue weighted by molar-refractivity contribution is 5.95. The molecule has 0 radical (unpaired) electrons. The molecule has 6 rings (SSSR count). The monoisotopic (exact) mass is 522 g/mol. The summed E-state index contributed by atoms with van der Waals surface area (Å²) in [5.74, 6) is 1.14. The fourth-order valence-corrected chi connectivity index (χ4v) is 5.77. The number of hydrogen-bond acceptors (Lipinski definition) is 8. The summed E-state index contributed by atoms with van der Waals surface area (Å²) in [7, 11) is 3.89. The Balaban J connectivity index is 1.19. The van der Waals surface area contributed by atoms with Crippen LogP contribution in [0, 0.1) is 11.3 Å². The van der Waals surface area contributed by atoms with Crippen LogP contribution < -0.4 is 15.0 Å². The Bertz CT molecular complexity index is 1490. The molecule has 9 nitrogen and oxygen atoms in total. The van der Waals surface area contributed by atoms with E-state index in [1.54, 1.807) is 13.3 Å². The van der Waals surface area contributed by atoms with E-state index in [0.717, 1.165) is 59.8 Å². The van der Waals surface area contributed by atoms with Crippen molar-refractivity contribution >= 4 is 28.2 Å². The van der Waals surface area contributed by atoms with Gasteiger partial charge in [-0.1, -0.05) is 18.2 Å². The molecule has 0 amide bonds. The maximum Gasteiger partial charge on any atom is 0.227 e. The van der Waals surface area contributed by atoms with Gasteiger partial charge in [-0.25, -0.2) is 9.97 Å². The van der Waals surface area contributed by atoms with Crippen molar-refractivity contribution in [2.75, 3.05) is 63.6 Å². The molecule has 0 bridgehead atoms. The summed E-state index contributed by atoms with van der Waals surface area (Å²) in [6.45, 7) is 6.76. The topological polar surface area (TPSA) is 96.3 Å². The van der Waals surface area contributed by atoms with E-state index >= 15 is 0 Å². The maximum atomic E-state index is 9.72. The molecule has 0 atom stereocenters. The van der Waals surface area contributed by atoms with Crippen LogP contribution >= 0.6 is 0 Å². The van der Waals surface area contributed by atoms with Crippen molar-refractivity contribution in [1.29, 1.82) is 5.26 Å². The Labute approximate surface area is 229 Å². The molecule has 2 aromatic heterocycles. The third-order valence-corrected chi connectivity index (χ3v) is 8.07. The first kappa shape index (κ1) is 25.2. The summed E-state index contributed by atoms with van der Waals surface area (Å²) in [4.78, 5) is 20.0. The van der Waals surface area contributed by atoms with Crippen molar-refractivity contribution in [2.45, 2.75) is 18.9 Å². The highest BCUT2D eigenvalue weighted by Crippen LogP contribution is 2.34. The first-order valence-corrected chi connectivity index (χ1v) is 13.6. The average Bonchev–Trinajstić information content (AvgIpc) is 3.42. The number of hydrogen-bond donors (Lipinski definition) is 2. The molecule has 0 aliphatic carbocycles. The molecule has 4 heterocycles. The number of anilines is 3. The fraction of sp³-hybridized carbons (Fsp3) is 0.367. The van der Waals surface area contributed by atoms with Gasteiger partial charge in [-0.3, -0.25) is 4.90 Å². The number of nitriles is 1. The third-order valence-electron chi connectivity index (χ3n) is 8.07. The molecular formula is C30H34N8O. The van der Waals surface area contributed by atoms with Crippen LogP contribution in [-0.2, 0) is 0 Å². The molecule has 2 fully saturated rings. The van der Waals surface area contributed by atoms with E-state index in [4.69, 9.17) is 9.72 Å². The summed E-state index contributed by atoms with van der Waals surface area (Å²) in [5.41, 5.74) is 4.82. The summed E-state index contributed by atoms with van der Waals surface area (Å²) in [5, 5.41) is 14.0. The van der Waals surface area contributed by atoms with E-state index < -0.39 is 0 Å². The maximum absolute atomic E-state index is 9.72. The first-order valence-electron chi connectivity index (χ1n) is 13.6. The molecule has 39 heavy (non-hydrogen) atoms. The van der Waals surface area contributed by atoms with Gasteiger partial charge in [-0.15, -0.1) is 0 Å². The molecular weight excluding hydrogens is 488 g/mol. The van der Waals surface area contributed by atoms with E-state index in [0.29, 0.717) is 23.2 Å². The lowest BCUT2D eigenvalue weighted by molar-refractivity contribution is 0.0982. The summed E-state index contributed by atoms with van der Waals surface area (Å²) >= 11 is 0. The number of aromatic amines is 1. The zero-order chi connectivity index (χ0) is 26.8. The Morgan fingerprint density at radius 3 is 2.62 bits per heavy atom. The van der Waals surface area contributed by atoms with E-state index in [1.165, 1.54) is 25.9 Å². The van der Waals surface area contributed by atoms with Gasteiger partial charge in [-0.05, 0) is 38.1 Å². The Morgan fingerprint density at radius 2 is 1.85 bits per heavy atom. The van der Waals surface area contributed by atoms with Crippen molar-refractivity contribution in [2.24, 2.45) is 0 Å². The number of benzene rings is 2. The molecule has 2 aliphatic rings. The molecule has 9 heteroatoms. The number of rotatable bonds is 6. The molecule has 4 aromatic rings. The molecule has 2 N–H and O–H groups in total. The predicted octanol–water partition coefficient (Wildman–Crippen LogP) is 4.46. The minimum absolute atomic E-state index is 0.410. The predicted molar refractivity (Wildman–Crippen MR) is 155 cm³/mol. The van der Waals surface area contributed by atoms with Crippen LogP contribution in [0.3, 0.4) is 0 Å². The van der Waals surface area contributed by atoms with Gasteiger partial charge in [0, 0.05) is 79.7 Å². The highest BCUT2D eigenvalue weighted by Gasteiger charge is 2.27. The second kappa shape index (κ2) is 10.9. The number of ether oxygens (including phenoxy) is 1. The lowest BCUT2D eigenvalue weighted by Gasteiger charge is -2.42. The number of aromatic nitrogens is 3. The van der Waals surface area contributed by atoms with Crippen molar-refractivity contribution in [3.05, 3.63) is 60.4 Å². The van der Waals surface area contributed by atoms with Crippen molar-refractivity contribution in [3.63, 3.8) is 0 Å². The van der Waals surface area contributed by atoms with Crippen LogP contribution in [0.4, 0.5) is 17.3 Å². The number of H-pyrrole nitrogens is 1. The standard InChI is InChI=1S/C30H34N8O/c1-36-13-15-38(16-14-36)22-9-11-37(12-10-22)23-7-8-27(28(17-23)39-2)34-30-33-19-21(18-31)29(35-30)25-20-32-26-6-4-3-5-24(25)26/h3-8,17,19-20,22,32H,9-16H2,1-2H3,(H,33,34,35). The van der Waals surface area contributed by atoms with Crippen LogP contribution in [0.25, 0.3) is 22.2 Å². The van der Waals surface area contributed by atoms with Gasteiger partial charge in [0.1, 0.15) is 11.8 Å². The van der Waals surface area contributed by atoms with Crippen molar-refractivity contribution in [1.82, 2.24) is 24.8 Å². The lowest BCUT2D eigenvalue weighted by atomic mass is 10.0. The molecule has 2 aromatic carbocycles. The molecule has 2 saturated heterocycles. The summed E-state index contributed by atoms with van der Waals surface area (Å²) in [6, 6.07) is 17.1. The number of fused-ring (bicyclic) bond motifs is 1. The fourth-order valence-electron chi connectivity index (χ4n) is 5.77. The lowest BCUT2D eigenvalue weighted by Crippen LogP contribution is -2.52. The average molecular weight is 523 g/mol. The number of piperazine rings is 1. The highest BCUT2D eigenvalue weighted by atomic mass is 16.5. The number of piperidine rings is 1. The van der Waals surface area contributed by atoms with Crippen LogP contribution in [0.1, 0.15) is 18.4 Å².